The molecule has 64 heavy (non-hydrogen) atoms. The normalized spacial score (nSPS) is 13.2. The maximum Gasteiger partial charge on any atom is 0.305 e. The third-order valence-electron chi connectivity index (χ3n) is 13.7. The Balaban J connectivity index is 0. The minimum absolute atomic E-state index is 0. The summed E-state index contributed by atoms with van der Waals surface area (Å²) in [5, 5.41) is 3.32. The van der Waals surface area contributed by atoms with Gasteiger partial charge in [0.05, 0.1) is 13.2 Å². The minimum Gasteiger partial charge on any atom is -0.465 e. The van der Waals surface area contributed by atoms with Crippen LogP contribution in [0.3, 0.4) is 0 Å². The molecule has 0 spiro atoms. The molecule has 0 aromatic carbocycles. The number of amides is 1. The average Bonchev–Trinajstić information content (AvgIpc) is 3.29. The van der Waals surface area contributed by atoms with E-state index in [0.29, 0.717) is 49.8 Å². The maximum absolute atomic E-state index is 14.3. The van der Waals surface area contributed by atoms with Crippen LogP contribution >= 0.6 is 0 Å². The predicted octanol–water partition coefficient (Wildman–Crippen LogP) is 16.9. The van der Waals surface area contributed by atoms with Gasteiger partial charge < -0.3 is 19.7 Å². The monoisotopic (exact) mass is 907 g/mol. The van der Waals surface area contributed by atoms with Crippen molar-refractivity contribution in [1.29, 1.82) is 0 Å². The van der Waals surface area contributed by atoms with Gasteiger partial charge in [-0.3, -0.25) is 14.4 Å². The highest BCUT2D eigenvalue weighted by Gasteiger charge is 2.28. The number of unbranched alkanes of at least 4 members (excludes halogenated alkanes) is 20. The lowest BCUT2D eigenvalue weighted by atomic mass is 9.93. The second kappa shape index (κ2) is 49.3. The standard InChI is InChI=1S/C56H110N2O5.CH4/c1-8-14-19-30-39-50(37-17-11-4)48-62-54(59)44-34-27-23-21-25-32-42-53(58(47-36-46-57-7)56(61)52(13-6)41-29-16-10-3)43-33-26-22-24-28-35-45-55(60)63-49-51(38-18-12-5)40-31-20-15-9-2;/h50-53,57H,8-49H2,1-7H3;1H4. The largest absolute Gasteiger partial charge is 0.465 e. The topological polar surface area (TPSA) is 84.9 Å². The van der Waals surface area contributed by atoms with Crippen LogP contribution in [0.5, 0.6) is 0 Å². The fraction of sp³-hybridized carbons (Fsp3) is 0.947. The molecule has 0 heterocycles. The van der Waals surface area contributed by atoms with Crippen molar-refractivity contribution in [2.24, 2.45) is 17.8 Å². The summed E-state index contributed by atoms with van der Waals surface area (Å²) in [5.74, 6) is 1.56. The van der Waals surface area contributed by atoms with Gasteiger partial charge >= 0.3 is 11.9 Å². The summed E-state index contributed by atoms with van der Waals surface area (Å²) in [6.07, 6.45) is 42.9. The van der Waals surface area contributed by atoms with Crippen LogP contribution in [-0.4, -0.2) is 62.1 Å². The zero-order chi connectivity index (χ0) is 46.4. The van der Waals surface area contributed by atoms with Crippen LogP contribution < -0.4 is 5.32 Å². The molecule has 0 aliphatic heterocycles. The van der Waals surface area contributed by atoms with E-state index < -0.39 is 0 Å². The summed E-state index contributed by atoms with van der Waals surface area (Å²) in [5.41, 5.74) is 0. The second-order valence-corrected chi connectivity index (χ2v) is 19.6. The van der Waals surface area contributed by atoms with E-state index in [1.807, 2.05) is 7.05 Å². The van der Waals surface area contributed by atoms with Gasteiger partial charge in [-0.25, -0.2) is 0 Å². The number of rotatable bonds is 49. The number of nitrogens with zero attached hydrogens (tertiary/aromatic N) is 1. The summed E-state index contributed by atoms with van der Waals surface area (Å²) in [4.78, 5) is 41.8. The molecule has 1 amide bonds. The zero-order valence-electron chi connectivity index (χ0n) is 43.5. The van der Waals surface area contributed by atoms with Crippen molar-refractivity contribution in [2.75, 3.05) is 33.4 Å². The third kappa shape index (κ3) is 38.5. The van der Waals surface area contributed by atoms with Crippen molar-refractivity contribution in [1.82, 2.24) is 10.2 Å². The molecular formula is C57H114N2O5. The maximum atomic E-state index is 14.3. The molecule has 0 rings (SSSR count). The molecule has 0 aromatic heterocycles. The van der Waals surface area contributed by atoms with E-state index in [1.54, 1.807) is 0 Å². The van der Waals surface area contributed by atoms with Crippen LogP contribution in [0.25, 0.3) is 0 Å². The molecule has 1 N–H and O–H groups in total. The zero-order valence-corrected chi connectivity index (χ0v) is 43.5. The number of ether oxygens (including phenoxy) is 2. The van der Waals surface area contributed by atoms with Gasteiger partial charge in [-0.2, -0.15) is 0 Å². The van der Waals surface area contributed by atoms with Gasteiger partial charge in [-0.15, -0.1) is 0 Å². The first-order chi connectivity index (χ1) is 30.8. The molecule has 0 aromatic rings. The minimum atomic E-state index is -0.00873. The average molecular weight is 908 g/mol. The van der Waals surface area contributed by atoms with Crippen molar-refractivity contribution in [3.05, 3.63) is 0 Å². The van der Waals surface area contributed by atoms with Gasteiger partial charge in [0.15, 0.2) is 0 Å². The molecule has 3 atom stereocenters. The number of hydrogen-bond acceptors (Lipinski definition) is 6. The van der Waals surface area contributed by atoms with E-state index in [2.05, 4.69) is 51.8 Å². The SMILES string of the molecule is C.CCCCCCC(CCCC)COC(=O)CCCCCCCCC(CCCCCCCCC(=O)OCC(CCCC)CCCCCC)N(CCCNC)C(=O)C(CC)CCCCC. The molecule has 7 nitrogen and oxygen atoms in total. The fourth-order valence-corrected chi connectivity index (χ4v) is 9.34. The van der Waals surface area contributed by atoms with Gasteiger partial charge in [0.2, 0.25) is 5.91 Å². The van der Waals surface area contributed by atoms with Crippen LogP contribution in [0.1, 0.15) is 293 Å². The van der Waals surface area contributed by atoms with Crippen molar-refractivity contribution >= 4 is 17.8 Å². The molecule has 382 valence electrons. The van der Waals surface area contributed by atoms with Gasteiger partial charge in [-0.1, -0.05) is 209 Å². The summed E-state index contributed by atoms with van der Waals surface area (Å²) >= 11 is 0. The Morgan fingerprint density at radius 3 is 1.22 bits per heavy atom. The molecule has 7 heteroatoms. The van der Waals surface area contributed by atoms with E-state index in [0.717, 1.165) is 103 Å². The van der Waals surface area contributed by atoms with Gasteiger partial charge in [0.25, 0.3) is 0 Å². The Kier molecular flexibility index (Phi) is 49.6. The summed E-state index contributed by atoms with van der Waals surface area (Å²) in [7, 11) is 2.01. The van der Waals surface area contributed by atoms with E-state index in [1.165, 1.54) is 141 Å². The number of carbonyl (C=O) groups excluding carboxylic acids is 3. The molecule has 0 saturated heterocycles. The Hall–Kier alpha value is -1.63. The molecule has 0 radical (unpaired) electrons. The summed E-state index contributed by atoms with van der Waals surface area (Å²) < 4.78 is 11.6. The highest BCUT2D eigenvalue weighted by molar-refractivity contribution is 5.79. The molecule has 3 unspecified atom stereocenters. The van der Waals surface area contributed by atoms with Crippen molar-refractivity contribution in [3.63, 3.8) is 0 Å². The van der Waals surface area contributed by atoms with Crippen LogP contribution in [0.15, 0.2) is 0 Å². The molecule has 0 aliphatic rings. The van der Waals surface area contributed by atoms with Crippen LogP contribution in [0, 0.1) is 17.8 Å². The quantitative estimate of drug-likeness (QED) is 0.0484. The highest BCUT2D eigenvalue weighted by atomic mass is 16.5. The lowest BCUT2D eigenvalue weighted by molar-refractivity contribution is -0.146. The third-order valence-corrected chi connectivity index (χ3v) is 13.7. The number of nitrogens with one attached hydrogen (secondary N) is 1. The molecule has 0 bridgehead atoms. The van der Waals surface area contributed by atoms with E-state index >= 15 is 0 Å². The molecule has 0 saturated carbocycles. The van der Waals surface area contributed by atoms with Gasteiger partial charge in [0, 0.05) is 31.3 Å². The Morgan fingerprint density at radius 1 is 0.438 bits per heavy atom. The fourth-order valence-electron chi connectivity index (χ4n) is 9.34. The highest BCUT2D eigenvalue weighted by Crippen LogP contribution is 2.25. The van der Waals surface area contributed by atoms with Crippen molar-refractivity contribution in [3.8, 4) is 0 Å². The van der Waals surface area contributed by atoms with Gasteiger partial charge in [-0.05, 0) is 96.1 Å². The van der Waals surface area contributed by atoms with Crippen LogP contribution in [-0.2, 0) is 23.9 Å². The Morgan fingerprint density at radius 2 is 0.797 bits per heavy atom. The smallest absolute Gasteiger partial charge is 0.305 e. The van der Waals surface area contributed by atoms with Crippen LogP contribution in [0.2, 0.25) is 0 Å². The van der Waals surface area contributed by atoms with Crippen molar-refractivity contribution in [2.45, 2.75) is 299 Å². The van der Waals surface area contributed by atoms with Crippen LogP contribution in [0.4, 0.5) is 0 Å². The van der Waals surface area contributed by atoms with Crippen molar-refractivity contribution < 1.29 is 23.9 Å². The first-order valence-electron chi connectivity index (χ1n) is 28.1. The first kappa shape index (κ1) is 64.5. The lowest BCUT2D eigenvalue weighted by Gasteiger charge is -2.35. The lowest BCUT2D eigenvalue weighted by Crippen LogP contribution is -2.44. The number of esters is 2. The molecular weight excluding hydrogens is 793 g/mol. The number of hydrogen-bond donors (Lipinski definition) is 1. The van der Waals surface area contributed by atoms with Gasteiger partial charge in [0.1, 0.15) is 0 Å². The number of carbonyl (C=O) groups is 3. The van der Waals surface area contributed by atoms with E-state index in [-0.39, 0.29) is 25.3 Å². The summed E-state index contributed by atoms with van der Waals surface area (Å²) in [6, 6.07) is 0.305. The van der Waals surface area contributed by atoms with E-state index in [4.69, 9.17) is 9.47 Å². The first-order valence-corrected chi connectivity index (χ1v) is 28.1. The molecule has 0 fully saturated rings. The Labute approximate surface area is 400 Å². The summed E-state index contributed by atoms with van der Waals surface area (Å²) in [6.45, 7) is 16.4. The second-order valence-electron chi connectivity index (χ2n) is 19.6. The Bertz CT molecular complexity index is 950. The van der Waals surface area contributed by atoms with E-state index in [9.17, 15) is 14.4 Å². The predicted molar refractivity (Wildman–Crippen MR) is 278 cm³/mol. The molecule has 0 aliphatic carbocycles.